The van der Waals surface area contributed by atoms with Gasteiger partial charge < -0.3 is 5.32 Å². The lowest BCUT2D eigenvalue weighted by Crippen LogP contribution is -2.34. The fourth-order valence-electron chi connectivity index (χ4n) is 4.21. The summed E-state index contributed by atoms with van der Waals surface area (Å²) in [7, 11) is 0. The smallest absolute Gasteiger partial charge is 0.223 e. The first-order valence-electron chi connectivity index (χ1n) is 10.1. The minimum atomic E-state index is 0.298. The normalized spacial score (nSPS) is 24.2. The molecule has 2 heteroatoms. The van der Waals surface area contributed by atoms with Crippen molar-refractivity contribution in [2.24, 2.45) is 11.8 Å². The molecule has 2 fully saturated rings. The van der Waals surface area contributed by atoms with Gasteiger partial charge in [-0.25, -0.2) is 0 Å². The van der Waals surface area contributed by atoms with Gasteiger partial charge in [-0.2, -0.15) is 0 Å². The molecule has 0 bridgehead atoms. The molecular weight excluding hydrogens is 270 g/mol. The fraction of sp³-hybridized carbons (Fsp3) is 0.950. The summed E-state index contributed by atoms with van der Waals surface area (Å²) in [5, 5.41) is 3.32. The zero-order valence-corrected chi connectivity index (χ0v) is 14.6. The molecule has 0 aromatic heterocycles. The van der Waals surface area contributed by atoms with Crippen molar-refractivity contribution in [1.82, 2.24) is 5.32 Å². The summed E-state index contributed by atoms with van der Waals surface area (Å²) in [6.45, 7) is 0.940. The third kappa shape index (κ3) is 7.15. The molecule has 1 amide bonds. The van der Waals surface area contributed by atoms with Crippen molar-refractivity contribution in [2.75, 3.05) is 6.54 Å². The Morgan fingerprint density at radius 3 is 1.55 bits per heavy atom. The first kappa shape index (κ1) is 17.8. The zero-order chi connectivity index (χ0) is 15.5. The number of nitrogens with one attached hydrogen (secondary N) is 1. The van der Waals surface area contributed by atoms with Crippen LogP contribution in [-0.4, -0.2) is 12.5 Å². The van der Waals surface area contributed by atoms with Crippen molar-refractivity contribution in [3.63, 3.8) is 0 Å². The van der Waals surface area contributed by atoms with Crippen LogP contribution in [0.4, 0.5) is 0 Å². The van der Waals surface area contributed by atoms with Crippen molar-refractivity contribution >= 4 is 5.91 Å². The molecule has 0 aliphatic heterocycles. The Morgan fingerprint density at radius 1 is 0.636 bits per heavy atom. The molecule has 2 saturated carbocycles. The molecule has 0 unspecified atom stereocenters. The summed E-state index contributed by atoms with van der Waals surface area (Å²) >= 11 is 0. The molecule has 0 aromatic carbocycles. The van der Waals surface area contributed by atoms with E-state index in [2.05, 4.69) is 5.32 Å². The maximum absolute atomic E-state index is 12.5. The summed E-state index contributed by atoms with van der Waals surface area (Å²) in [4.78, 5) is 12.5. The Balaban J connectivity index is 1.71. The Bertz CT molecular complexity index is 284. The SMILES string of the molecule is O=C(NCC1CCCCCCC1)C1CCCCCCCCC1. The minimum Gasteiger partial charge on any atom is -0.356 e. The Labute approximate surface area is 137 Å². The predicted octanol–water partition coefficient (Wildman–Crippen LogP) is 5.60. The van der Waals surface area contributed by atoms with Crippen LogP contribution in [0.15, 0.2) is 0 Å². The predicted molar refractivity (Wildman–Crippen MR) is 93.9 cm³/mol. The van der Waals surface area contributed by atoms with E-state index in [0.717, 1.165) is 25.3 Å². The largest absolute Gasteiger partial charge is 0.356 e. The van der Waals surface area contributed by atoms with Crippen molar-refractivity contribution in [3.8, 4) is 0 Å². The zero-order valence-electron chi connectivity index (χ0n) is 14.6. The second-order valence-corrected chi connectivity index (χ2v) is 7.71. The van der Waals surface area contributed by atoms with E-state index >= 15 is 0 Å². The second-order valence-electron chi connectivity index (χ2n) is 7.71. The van der Waals surface area contributed by atoms with Gasteiger partial charge in [0.1, 0.15) is 0 Å². The molecule has 0 heterocycles. The average molecular weight is 308 g/mol. The van der Waals surface area contributed by atoms with Crippen LogP contribution in [-0.2, 0) is 4.79 Å². The number of hydrogen-bond acceptors (Lipinski definition) is 1. The van der Waals surface area contributed by atoms with E-state index in [1.807, 2.05) is 0 Å². The quantitative estimate of drug-likeness (QED) is 0.722. The van der Waals surface area contributed by atoms with Crippen LogP contribution >= 0.6 is 0 Å². The third-order valence-electron chi connectivity index (χ3n) is 5.77. The Hall–Kier alpha value is -0.530. The van der Waals surface area contributed by atoms with Crippen molar-refractivity contribution in [3.05, 3.63) is 0 Å². The van der Waals surface area contributed by atoms with Gasteiger partial charge in [-0.1, -0.05) is 77.0 Å². The monoisotopic (exact) mass is 307 g/mol. The highest BCUT2D eigenvalue weighted by atomic mass is 16.1. The molecule has 2 nitrogen and oxygen atoms in total. The highest BCUT2D eigenvalue weighted by Gasteiger charge is 2.20. The van der Waals surface area contributed by atoms with Gasteiger partial charge in [-0.3, -0.25) is 4.79 Å². The lowest BCUT2D eigenvalue weighted by atomic mass is 9.89. The van der Waals surface area contributed by atoms with E-state index in [1.165, 1.54) is 89.9 Å². The van der Waals surface area contributed by atoms with E-state index in [1.54, 1.807) is 0 Å². The van der Waals surface area contributed by atoms with Crippen LogP contribution in [0, 0.1) is 11.8 Å². The summed E-state index contributed by atoms with van der Waals surface area (Å²) in [5.74, 6) is 1.40. The van der Waals surface area contributed by atoms with Crippen LogP contribution in [0.25, 0.3) is 0 Å². The van der Waals surface area contributed by atoms with Crippen molar-refractivity contribution in [1.29, 1.82) is 0 Å². The van der Waals surface area contributed by atoms with Gasteiger partial charge in [0.05, 0.1) is 0 Å². The van der Waals surface area contributed by atoms with Gasteiger partial charge >= 0.3 is 0 Å². The summed E-state index contributed by atoms with van der Waals surface area (Å²) in [5.41, 5.74) is 0. The van der Waals surface area contributed by atoms with E-state index in [4.69, 9.17) is 0 Å². The van der Waals surface area contributed by atoms with E-state index in [0.29, 0.717) is 11.8 Å². The molecule has 0 saturated heterocycles. The maximum atomic E-state index is 12.5. The van der Waals surface area contributed by atoms with Crippen LogP contribution < -0.4 is 5.32 Å². The van der Waals surface area contributed by atoms with Gasteiger partial charge in [0.25, 0.3) is 0 Å². The second kappa shape index (κ2) is 11.1. The number of carbonyl (C=O) groups is 1. The summed E-state index contributed by atoms with van der Waals surface area (Å²) in [6, 6.07) is 0. The van der Waals surface area contributed by atoms with Gasteiger partial charge in [0.2, 0.25) is 5.91 Å². The van der Waals surface area contributed by atoms with Gasteiger partial charge in [-0.15, -0.1) is 0 Å². The number of carbonyl (C=O) groups excluding carboxylic acids is 1. The third-order valence-corrected chi connectivity index (χ3v) is 5.77. The summed E-state index contributed by atoms with van der Waals surface area (Å²) < 4.78 is 0. The molecule has 0 radical (unpaired) electrons. The Kier molecular flexibility index (Phi) is 8.97. The van der Waals surface area contributed by atoms with Crippen molar-refractivity contribution in [2.45, 2.75) is 103 Å². The van der Waals surface area contributed by atoms with Crippen LogP contribution in [0.5, 0.6) is 0 Å². The van der Waals surface area contributed by atoms with E-state index < -0.39 is 0 Å². The van der Waals surface area contributed by atoms with Crippen LogP contribution in [0.2, 0.25) is 0 Å². The first-order chi connectivity index (χ1) is 10.9. The fourth-order valence-corrected chi connectivity index (χ4v) is 4.21. The topological polar surface area (TPSA) is 29.1 Å². The van der Waals surface area contributed by atoms with Crippen LogP contribution in [0.1, 0.15) is 103 Å². The molecule has 2 aliphatic rings. The highest BCUT2D eigenvalue weighted by molar-refractivity contribution is 5.78. The molecule has 2 rings (SSSR count). The van der Waals surface area contributed by atoms with E-state index in [9.17, 15) is 4.79 Å². The molecule has 2 aliphatic carbocycles. The number of hydrogen-bond donors (Lipinski definition) is 1. The standard InChI is InChI=1S/C20H37NO/c22-20(19-15-11-7-2-1-3-8-12-16-19)21-17-18-13-9-5-4-6-10-14-18/h18-19H,1-17H2,(H,21,22). The first-order valence-corrected chi connectivity index (χ1v) is 10.1. The molecule has 1 N–H and O–H groups in total. The molecular formula is C20H37NO. The van der Waals surface area contributed by atoms with Crippen molar-refractivity contribution < 1.29 is 4.79 Å². The molecule has 0 aromatic rings. The summed E-state index contributed by atoms with van der Waals surface area (Å²) in [6.07, 6.45) is 21.1. The van der Waals surface area contributed by atoms with Gasteiger partial charge in [0, 0.05) is 12.5 Å². The Morgan fingerprint density at radius 2 is 1.05 bits per heavy atom. The lowest BCUT2D eigenvalue weighted by Gasteiger charge is -2.22. The molecule has 128 valence electrons. The molecule has 0 spiro atoms. The number of amides is 1. The molecule has 0 atom stereocenters. The lowest BCUT2D eigenvalue weighted by molar-refractivity contribution is -0.125. The minimum absolute atomic E-state index is 0.298. The average Bonchev–Trinajstić information content (AvgIpc) is 2.51. The highest BCUT2D eigenvalue weighted by Crippen LogP contribution is 2.23. The van der Waals surface area contributed by atoms with E-state index in [-0.39, 0.29) is 0 Å². The van der Waals surface area contributed by atoms with Crippen LogP contribution in [0.3, 0.4) is 0 Å². The maximum Gasteiger partial charge on any atom is 0.223 e. The van der Waals surface area contributed by atoms with Gasteiger partial charge in [-0.05, 0) is 31.6 Å². The van der Waals surface area contributed by atoms with Gasteiger partial charge in [0.15, 0.2) is 0 Å². The number of rotatable bonds is 3. The molecule has 22 heavy (non-hydrogen) atoms.